The second kappa shape index (κ2) is 5.70. The summed E-state index contributed by atoms with van der Waals surface area (Å²) in [6, 6.07) is 1.82. The van der Waals surface area contributed by atoms with Crippen molar-refractivity contribution in [2.45, 2.75) is 12.6 Å². The SMILES string of the molecule is CN(C)C(=O)CCNc1cc(C(F)(F)F)ccn1. The predicted molar refractivity (Wildman–Crippen MR) is 61.0 cm³/mol. The van der Waals surface area contributed by atoms with Gasteiger partial charge in [-0.25, -0.2) is 4.98 Å². The number of hydrogen-bond acceptors (Lipinski definition) is 3. The minimum Gasteiger partial charge on any atom is -0.370 e. The summed E-state index contributed by atoms with van der Waals surface area (Å²) >= 11 is 0. The number of nitrogens with zero attached hydrogens (tertiary/aromatic N) is 2. The van der Waals surface area contributed by atoms with Crippen molar-refractivity contribution in [2.24, 2.45) is 0 Å². The third-order valence-electron chi connectivity index (χ3n) is 2.23. The van der Waals surface area contributed by atoms with E-state index in [2.05, 4.69) is 10.3 Å². The number of alkyl halides is 3. The molecular weight excluding hydrogens is 247 g/mol. The summed E-state index contributed by atoms with van der Waals surface area (Å²) in [5.41, 5.74) is -0.765. The van der Waals surface area contributed by atoms with Crippen molar-refractivity contribution in [2.75, 3.05) is 26.0 Å². The number of nitrogens with one attached hydrogen (secondary N) is 1. The number of carbonyl (C=O) groups excluding carboxylic acids is 1. The van der Waals surface area contributed by atoms with Gasteiger partial charge in [0.2, 0.25) is 5.91 Å². The summed E-state index contributed by atoms with van der Waals surface area (Å²) in [7, 11) is 3.23. The van der Waals surface area contributed by atoms with Crippen LogP contribution in [0.1, 0.15) is 12.0 Å². The van der Waals surface area contributed by atoms with Crippen LogP contribution in [-0.2, 0) is 11.0 Å². The lowest BCUT2D eigenvalue weighted by molar-refractivity contribution is -0.137. The van der Waals surface area contributed by atoms with Gasteiger partial charge in [0.05, 0.1) is 5.56 Å². The molecule has 0 fully saturated rings. The van der Waals surface area contributed by atoms with E-state index >= 15 is 0 Å². The summed E-state index contributed by atoms with van der Waals surface area (Å²) in [4.78, 5) is 16.4. The number of halogens is 3. The molecule has 0 aliphatic rings. The second-order valence-electron chi connectivity index (χ2n) is 3.89. The van der Waals surface area contributed by atoms with Crippen LogP contribution in [-0.4, -0.2) is 36.4 Å². The van der Waals surface area contributed by atoms with E-state index in [1.165, 1.54) is 4.90 Å². The fourth-order valence-electron chi connectivity index (χ4n) is 1.22. The molecule has 0 saturated carbocycles. The van der Waals surface area contributed by atoms with Crippen LogP contribution < -0.4 is 5.32 Å². The maximum atomic E-state index is 12.4. The average Bonchev–Trinajstić information content (AvgIpc) is 2.28. The molecule has 4 nitrogen and oxygen atoms in total. The number of pyridine rings is 1. The maximum absolute atomic E-state index is 12.4. The third-order valence-corrected chi connectivity index (χ3v) is 2.23. The average molecular weight is 261 g/mol. The highest BCUT2D eigenvalue weighted by atomic mass is 19.4. The number of anilines is 1. The Morgan fingerprint density at radius 2 is 2.11 bits per heavy atom. The van der Waals surface area contributed by atoms with Crippen molar-refractivity contribution in [3.05, 3.63) is 23.9 Å². The molecule has 0 aliphatic heterocycles. The molecule has 0 spiro atoms. The predicted octanol–water partition coefficient (Wildman–Crippen LogP) is 1.99. The van der Waals surface area contributed by atoms with Crippen molar-refractivity contribution >= 4 is 11.7 Å². The zero-order valence-electron chi connectivity index (χ0n) is 10.1. The van der Waals surface area contributed by atoms with Gasteiger partial charge in [-0.05, 0) is 12.1 Å². The smallest absolute Gasteiger partial charge is 0.370 e. The van der Waals surface area contributed by atoms with E-state index in [1.807, 2.05) is 0 Å². The van der Waals surface area contributed by atoms with Gasteiger partial charge in [-0.15, -0.1) is 0 Å². The molecule has 0 atom stereocenters. The Morgan fingerprint density at radius 3 is 2.67 bits per heavy atom. The Morgan fingerprint density at radius 1 is 1.44 bits per heavy atom. The van der Waals surface area contributed by atoms with Crippen molar-refractivity contribution in [1.82, 2.24) is 9.88 Å². The standard InChI is InChI=1S/C11H14F3N3O/c1-17(2)10(18)4-6-16-9-7-8(3-5-15-9)11(12,13)14/h3,5,7H,4,6H2,1-2H3,(H,15,16). The Labute approximate surface area is 103 Å². The van der Waals surface area contributed by atoms with Gasteiger partial charge in [-0.2, -0.15) is 13.2 Å². The minimum absolute atomic E-state index is 0.102. The molecule has 18 heavy (non-hydrogen) atoms. The van der Waals surface area contributed by atoms with Crippen molar-refractivity contribution in [3.63, 3.8) is 0 Å². The fraction of sp³-hybridized carbons (Fsp3) is 0.455. The van der Waals surface area contributed by atoms with Gasteiger partial charge in [0.1, 0.15) is 5.82 Å². The van der Waals surface area contributed by atoms with Crippen LogP contribution in [0.3, 0.4) is 0 Å². The van der Waals surface area contributed by atoms with Crippen molar-refractivity contribution in [1.29, 1.82) is 0 Å². The molecular formula is C11H14F3N3O. The van der Waals surface area contributed by atoms with Gasteiger partial charge in [0.25, 0.3) is 0 Å². The number of carbonyl (C=O) groups is 1. The van der Waals surface area contributed by atoms with Gasteiger partial charge in [0, 0.05) is 33.3 Å². The molecule has 0 radical (unpaired) electrons. The van der Waals surface area contributed by atoms with Crippen molar-refractivity contribution < 1.29 is 18.0 Å². The quantitative estimate of drug-likeness (QED) is 0.901. The van der Waals surface area contributed by atoms with Crippen LogP contribution in [0.15, 0.2) is 18.3 Å². The first-order valence-electron chi connectivity index (χ1n) is 5.28. The molecule has 0 aromatic carbocycles. The summed E-state index contributed by atoms with van der Waals surface area (Å²) in [5, 5.41) is 2.68. The number of aromatic nitrogens is 1. The molecule has 1 rings (SSSR count). The highest BCUT2D eigenvalue weighted by Crippen LogP contribution is 2.29. The largest absolute Gasteiger partial charge is 0.416 e. The van der Waals surface area contributed by atoms with Gasteiger partial charge >= 0.3 is 6.18 Å². The molecule has 7 heteroatoms. The molecule has 1 aromatic rings. The Kier molecular flexibility index (Phi) is 4.52. The van der Waals surface area contributed by atoms with Gasteiger partial charge in [-0.1, -0.05) is 0 Å². The topological polar surface area (TPSA) is 45.2 Å². The van der Waals surface area contributed by atoms with Crippen LogP contribution >= 0.6 is 0 Å². The zero-order valence-corrected chi connectivity index (χ0v) is 10.1. The Balaban J connectivity index is 2.56. The maximum Gasteiger partial charge on any atom is 0.416 e. The number of amides is 1. The van der Waals surface area contributed by atoms with Gasteiger partial charge in [0.15, 0.2) is 0 Å². The lowest BCUT2D eigenvalue weighted by Gasteiger charge is -2.12. The van der Waals surface area contributed by atoms with E-state index in [1.54, 1.807) is 14.1 Å². The number of rotatable bonds is 4. The molecule has 1 N–H and O–H groups in total. The fourth-order valence-corrected chi connectivity index (χ4v) is 1.22. The minimum atomic E-state index is -4.39. The van der Waals surface area contributed by atoms with Crippen LogP contribution in [0.2, 0.25) is 0 Å². The van der Waals surface area contributed by atoms with Crippen molar-refractivity contribution in [3.8, 4) is 0 Å². The molecule has 1 amide bonds. The summed E-state index contributed by atoms with van der Waals surface area (Å²) in [6.45, 7) is 0.241. The first-order valence-corrected chi connectivity index (χ1v) is 5.28. The highest BCUT2D eigenvalue weighted by molar-refractivity contribution is 5.76. The van der Waals surface area contributed by atoms with E-state index in [-0.39, 0.29) is 24.7 Å². The van der Waals surface area contributed by atoms with Crippen LogP contribution in [0.25, 0.3) is 0 Å². The molecule has 0 bridgehead atoms. The second-order valence-corrected chi connectivity index (χ2v) is 3.89. The van der Waals surface area contributed by atoms with E-state index in [0.29, 0.717) is 0 Å². The first kappa shape index (κ1) is 14.3. The Hall–Kier alpha value is -1.79. The third kappa shape index (κ3) is 4.23. The van der Waals surface area contributed by atoms with E-state index in [9.17, 15) is 18.0 Å². The first-order chi connectivity index (χ1) is 8.30. The van der Waals surface area contributed by atoms with Crippen LogP contribution in [0, 0.1) is 0 Å². The van der Waals surface area contributed by atoms with Gasteiger partial charge in [-0.3, -0.25) is 4.79 Å². The summed E-state index contributed by atoms with van der Waals surface area (Å²) in [6.07, 6.45) is -3.11. The van der Waals surface area contributed by atoms with Crippen LogP contribution in [0.5, 0.6) is 0 Å². The normalized spacial score (nSPS) is 11.2. The molecule has 100 valence electrons. The van der Waals surface area contributed by atoms with Gasteiger partial charge < -0.3 is 10.2 Å². The zero-order chi connectivity index (χ0) is 13.8. The summed E-state index contributed by atoms with van der Waals surface area (Å²) in [5.74, 6) is 0.00542. The van der Waals surface area contributed by atoms with E-state index in [0.717, 1.165) is 18.3 Å². The lowest BCUT2D eigenvalue weighted by Crippen LogP contribution is -2.24. The molecule has 0 unspecified atom stereocenters. The monoisotopic (exact) mass is 261 g/mol. The van der Waals surface area contributed by atoms with E-state index in [4.69, 9.17) is 0 Å². The van der Waals surface area contributed by atoms with Crippen LogP contribution in [0.4, 0.5) is 19.0 Å². The van der Waals surface area contributed by atoms with E-state index < -0.39 is 11.7 Å². The molecule has 1 aromatic heterocycles. The molecule has 1 heterocycles. The number of hydrogen-bond donors (Lipinski definition) is 1. The Bertz CT molecular complexity index is 418. The highest BCUT2D eigenvalue weighted by Gasteiger charge is 2.30. The summed E-state index contributed by atoms with van der Waals surface area (Å²) < 4.78 is 37.2. The molecule has 0 aliphatic carbocycles. The lowest BCUT2D eigenvalue weighted by atomic mass is 10.2. The molecule has 0 saturated heterocycles.